The van der Waals surface area contributed by atoms with Gasteiger partial charge in [-0.1, -0.05) is 23.8 Å². The molecule has 2 bridgehead atoms. The van der Waals surface area contributed by atoms with Crippen LogP contribution in [0.15, 0.2) is 29.8 Å². The van der Waals surface area contributed by atoms with Gasteiger partial charge in [-0.3, -0.25) is 4.79 Å². The van der Waals surface area contributed by atoms with Gasteiger partial charge in [0.15, 0.2) is 5.78 Å². The second kappa shape index (κ2) is 3.72. The summed E-state index contributed by atoms with van der Waals surface area (Å²) >= 11 is 0. The zero-order chi connectivity index (χ0) is 13.0. The zero-order valence-corrected chi connectivity index (χ0v) is 11.2. The molecule has 2 unspecified atom stereocenters. The number of Topliss-reactive ketones (excluding diaryl/α,β-unsaturated/α-hetero) is 1. The van der Waals surface area contributed by atoms with Crippen LogP contribution in [0.4, 0.5) is 0 Å². The fourth-order valence-electron chi connectivity index (χ4n) is 4.40. The number of carbonyl (C=O) groups excluding carboxylic acids is 1. The Morgan fingerprint density at radius 2 is 2.26 bits per heavy atom. The lowest BCUT2D eigenvalue weighted by Crippen LogP contribution is -2.39. The normalized spacial score (nSPS) is 31.5. The average Bonchev–Trinajstić information content (AvgIpc) is 3.04. The van der Waals surface area contributed by atoms with Gasteiger partial charge in [-0.2, -0.15) is 0 Å². The third-order valence-corrected chi connectivity index (χ3v) is 5.38. The van der Waals surface area contributed by atoms with Gasteiger partial charge >= 0.3 is 0 Å². The number of ketones is 1. The summed E-state index contributed by atoms with van der Waals surface area (Å²) in [6, 6.07) is 5.99. The standard InChI is InChI=1S/C17H18O2/c1-19-14-4-2-3-12-7-8-17(16(18)15(12)14)10-11-5-6-13(17)9-11/h2-5,13H,6-10H2,1H3. The summed E-state index contributed by atoms with van der Waals surface area (Å²) in [6.07, 6.45) is 7.63. The SMILES string of the molecule is COc1cccc2c1C(=O)C1(CC2)CC2=CCC1C2. The summed E-state index contributed by atoms with van der Waals surface area (Å²) in [5.41, 5.74) is 3.44. The van der Waals surface area contributed by atoms with Gasteiger partial charge in [0.2, 0.25) is 0 Å². The summed E-state index contributed by atoms with van der Waals surface area (Å²) in [5, 5.41) is 0. The van der Waals surface area contributed by atoms with Crippen LogP contribution in [0, 0.1) is 11.3 Å². The summed E-state index contributed by atoms with van der Waals surface area (Å²) in [6.45, 7) is 0. The number of carbonyl (C=O) groups is 1. The Balaban J connectivity index is 1.85. The Labute approximate surface area is 113 Å². The highest BCUT2D eigenvalue weighted by Gasteiger charge is 2.54. The van der Waals surface area contributed by atoms with Crippen molar-refractivity contribution >= 4 is 5.78 Å². The number of fused-ring (bicyclic) bond motifs is 4. The Kier molecular flexibility index (Phi) is 2.21. The van der Waals surface area contributed by atoms with Crippen molar-refractivity contribution in [1.82, 2.24) is 0 Å². The summed E-state index contributed by atoms with van der Waals surface area (Å²) in [4.78, 5) is 13.1. The molecule has 1 fully saturated rings. The van der Waals surface area contributed by atoms with Crippen molar-refractivity contribution in [3.63, 3.8) is 0 Å². The molecule has 0 aliphatic heterocycles. The van der Waals surface area contributed by atoms with Gasteiger partial charge in [-0.25, -0.2) is 0 Å². The zero-order valence-electron chi connectivity index (χ0n) is 11.2. The van der Waals surface area contributed by atoms with E-state index in [4.69, 9.17) is 4.74 Å². The van der Waals surface area contributed by atoms with Gasteiger partial charge in [-0.15, -0.1) is 0 Å². The molecule has 0 amide bonds. The van der Waals surface area contributed by atoms with Crippen LogP contribution < -0.4 is 4.74 Å². The van der Waals surface area contributed by atoms with Gasteiger partial charge in [0, 0.05) is 5.41 Å². The number of rotatable bonds is 1. The molecule has 1 saturated carbocycles. The fourth-order valence-corrected chi connectivity index (χ4v) is 4.40. The predicted molar refractivity (Wildman–Crippen MR) is 73.5 cm³/mol. The van der Waals surface area contributed by atoms with Crippen LogP contribution in [0.3, 0.4) is 0 Å². The number of methoxy groups -OCH3 is 1. The first-order valence-corrected chi connectivity index (χ1v) is 7.13. The molecule has 2 atom stereocenters. The number of aryl methyl sites for hydroxylation is 1. The lowest BCUT2D eigenvalue weighted by atomic mass is 9.63. The molecule has 0 radical (unpaired) electrons. The van der Waals surface area contributed by atoms with E-state index in [1.807, 2.05) is 12.1 Å². The van der Waals surface area contributed by atoms with Crippen LogP contribution >= 0.6 is 0 Å². The van der Waals surface area contributed by atoms with Gasteiger partial charge in [-0.05, 0) is 49.7 Å². The molecular weight excluding hydrogens is 236 g/mol. The molecule has 1 spiro atoms. The van der Waals surface area contributed by atoms with E-state index in [-0.39, 0.29) is 5.41 Å². The Morgan fingerprint density at radius 3 is 2.95 bits per heavy atom. The molecule has 19 heavy (non-hydrogen) atoms. The number of hydrogen-bond donors (Lipinski definition) is 0. The Hall–Kier alpha value is -1.57. The second-order valence-corrected chi connectivity index (χ2v) is 6.16. The molecular formula is C17H18O2. The third kappa shape index (κ3) is 1.35. The van der Waals surface area contributed by atoms with E-state index >= 15 is 0 Å². The maximum Gasteiger partial charge on any atom is 0.173 e. The van der Waals surface area contributed by atoms with E-state index in [1.54, 1.807) is 7.11 Å². The van der Waals surface area contributed by atoms with Crippen molar-refractivity contribution in [3.05, 3.63) is 41.0 Å². The predicted octanol–water partition coefficient (Wildman–Crippen LogP) is 3.55. The molecule has 98 valence electrons. The van der Waals surface area contributed by atoms with Crippen molar-refractivity contribution in [3.8, 4) is 5.75 Å². The minimum atomic E-state index is -0.105. The van der Waals surface area contributed by atoms with Crippen molar-refractivity contribution < 1.29 is 9.53 Å². The first-order chi connectivity index (χ1) is 9.24. The van der Waals surface area contributed by atoms with E-state index in [0.29, 0.717) is 11.7 Å². The van der Waals surface area contributed by atoms with E-state index in [2.05, 4.69) is 12.1 Å². The van der Waals surface area contributed by atoms with Crippen LogP contribution in [-0.2, 0) is 6.42 Å². The molecule has 3 aliphatic carbocycles. The minimum absolute atomic E-state index is 0.105. The van der Waals surface area contributed by atoms with Gasteiger partial charge in [0.1, 0.15) is 5.75 Å². The van der Waals surface area contributed by atoms with Gasteiger partial charge in [0.25, 0.3) is 0 Å². The maximum absolute atomic E-state index is 13.1. The molecule has 0 N–H and O–H groups in total. The van der Waals surface area contributed by atoms with E-state index in [9.17, 15) is 4.79 Å². The molecule has 3 aliphatic rings. The van der Waals surface area contributed by atoms with Crippen molar-refractivity contribution in [2.45, 2.75) is 32.1 Å². The fraction of sp³-hybridized carbons (Fsp3) is 0.471. The number of allylic oxidation sites excluding steroid dienone is 2. The maximum atomic E-state index is 13.1. The Morgan fingerprint density at radius 1 is 1.37 bits per heavy atom. The lowest BCUT2D eigenvalue weighted by Gasteiger charge is -2.39. The molecule has 0 heterocycles. The molecule has 4 rings (SSSR count). The topological polar surface area (TPSA) is 26.3 Å². The van der Waals surface area contributed by atoms with E-state index < -0.39 is 0 Å². The minimum Gasteiger partial charge on any atom is -0.496 e. The number of benzene rings is 1. The largest absolute Gasteiger partial charge is 0.496 e. The van der Waals surface area contributed by atoms with Crippen LogP contribution in [0.1, 0.15) is 41.6 Å². The quantitative estimate of drug-likeness (QED) is 0.716. The first-order valence-electron chi connectivity index (χ1n) is 7.13. The molecule has 0 saturated heterocycles. The van der Waals surface area contributed by atoms with Crippen LogP contribution in [0.5, 0.6) is 5.75 Å². The molecule has 1 aromatic rings. The molecule has 1 aromatic carbocycles. The van der Waals surface area contributed by atoms with Crippen LogP contribution in [0.2, 0.25) is 0 Å². The summed E-state index contributed by atoms with van der Waals surface area (Å²) in [5.74, 6) is 1.66. The van der Waals surface area contributed by atoms with E-state index in [0.717, 1.165) is 43.4 Å². The smallest absolute Gasteiger partial charge is 0.173 e. The number of ether oxygens (including phenoxy) is 1. The highest BCUT2D eigenvalue weighted by atomic mass is 16.5. The lowest BCUT2D eigenvalue weighted by molar-refractivity contribution is 0.0667. The molecule has 2 nitrogen and oxygen atoms in total. The van der Waals surface area contributed by atoms with Crippen molar-refractivity contribution in [2.24, 2.45) is 11.3 Å². The van der Waals surface area contributed by atoms with Crippen LogP contribution in [-0.4, -0.2) is 12.9 Å². The van der Waals surface area contributed by atoms with E-state index in [1.165, 1.54) is 11.1 Å². The van der Waals surface area contributed by atoms with Crippen molar-refractivity contribution in [2.75, 3.05) is 7.11 Å². The highest BCUT2D eigenvalue weighted by Crippen LogP contribution is 2.58. The van der Waals surface area contributed by atoms with Gasteiger partial charge in [0.05, 0.1) is 12.7 Å². The monoisotopic (exact) mass is 254 g/mol. The summed E-state index contributed by atoms with van der Waals surface area (Å²) in [7, 11) is 1.66. The first kappa shape index (κ1) is 11.3. The number of hydrogen-bond acceptors (Lipinski definition) is 2. The second-order valence-electron chi connectivity index (χ2n) is 6.16. The average molecular weight is 254 g/mol. The van der Waals surface area contributed by atoms with Gasteiger partial charge < -0.3 is 4.74 Å². The summed E-state index contributed by atoms with van der Waals surface area (Å²) < 4.78 is 5.43. The Bertz CT molecular complexity index is 585. The van der Waals surface area contributed by atoms with Crippen LogP contribution in [0.25, 0.3) is 0 Å². The molecule has 0 aromatic heterocycles. The molecule has 2 heteroatoms. The van der Waals surface area contributed by atoms with Crippen molar-refractivity contribution in [1.29, 1.82) is 0 Å². The third-order valence-electron chi connectivity index (χ3n) is 5.38. The highest BCUT2D eigenvalue weighted by molar-refractivity contribution is 6.05.